The minimum absolute atomic E-state index is 0. The fraction of sp³-hybridized carbons (Fsp3) is 0.812. The van der Waals surface area contributed by atoms with Gasteiger partial charge in [-0.3, -0.25) is 4.99 Å². The summed E-state index contributed by atoms with van der Waals surface area (Å²) in [5.74, 6) is 3.57. The largest absolute Gasteiger partial charge is 0.377 e. The quantitative estimate of drug-likeness (QED) is 0.394. The number of aromatic nitrogens is 3. The lowest BCUT2D eigenvalue weighted by Crippen LogP contribution is -2.47. The van der Waals surface area contributed by atoms with E-state index in [1.54, 1.807) is 7.11 Å². The zero-order valence-electron chi connectivity index (χ0n) is 14.8. The molecule has 1 aliphatic heterocycles. The minimum Gasteiger partial charge on any atom is -0.377 e. The van der Waals surface area contributed by atoms with Crippen LogP contribution in [0.1, 0.15) is 44.3 Å². The maximum absolute atomic E-state index is 5.11. The van der Waals surface area contributed by atoms with Crippen LogP contribution in [0, 0.1) is 5.92 Å². The number of aryl methyl sites for hydroxylation is 1. The Bertz CT molecular complexity index is 561. The number of nitrogens with one attached hydrogen (secondary N) is 2. The topological polar surface area (TPSA) is 76.4 Å². The number of fused-ring (bicyclic) bond motifs is 1. The highest BCUT2D eigenvalue weighted by molar-refractivity contribution is 14.0. The second-order valence-electron chi connectivity index (χ2n) is 6.55. The highest BCUT2D eigenvalue weighted by atomic mass is 127. The molecule has 0 spiro atoms. The number of ether oxygens (including phenoxy) is 1. The lowest BCUT2D eigenvalue weighted by molar-refractivity contribution is 0.177. The molecule has 3 atom stereocenters. The monoisotopic (exact) mass is 448 g/mol. The van der Waals surface area contributed by atoms with Gasteiger partial charge in [0.05, 0.1) is 6.54 Å². The Kier molecular flexibility index (Phi) is 7.27. The van der Waals surface area contributed by atoms with Crippen LogP contribution in [0.3, 0.4) is 0 Å². The molecule has 3 rings (SSSR count). The van der Waals surface area contributed by atoms with Crippen molar-refractivity contribution in [3.8, 4) is 0 Å². The lowest BCUT2D eigenvalue weighted by Gasteiger charge is -2.25. The third-order valence-corrected chi connectivity index (χ3v) is 4.64. The van der Waals surface area contributed by atoms with E-state index in [0.717, 1.165) is 42.9 Å². The van der Waals surface area contributed by atoms with Crippen molar-refractivity contribution >= 4 is 29.9 Å². The van der Waals surface area contributed by atoms with E-state index in [1.807, 2.05) is 11.7 Å². The van der Waals surface area contributed by atoms with Crippen molar-refractivity contribution in [1.82, 2.24) is 25.4 Å². The van der Waals surface area contributed by atoms with Crippen LogP contribution in [-0.4, -0.2) is 47.0 Å². The van der Waals surface area contributed by atoms with Gasteiger partial charge < -0.3 is 15.4 Å². The highest BCUT2D eigenvalue weighted by Gasteiger charge is 2.37. The Morgan fingerprint density at radius 3 is 2.96 bits per heavy atom. The Hall–Kier alpha value is -0.900. The average Bonchev–Trinajstić information content (AvgIpc) is 3.14. The molecule has 0 bridgehead atoms. The van der Waals surface area contributed by atoms with Crippen LogP contribution in [0.15, 0.2) is 4.99 Å². The molecule has 1 saturated carbocycles. The van der Waals surface area contributed by atoms with Crippen molar-refractivity contribution < 1.29 is 4.74 Å². The first-order valence-electron chi connectivity index (χ1n) is 8.64. The van der Waals surface area contributed by atoms with E-state index in [4.69, 9.17) is 4.74 Å². The van der Waals surface area contributed by atoms with Gasteiger partial charge in [0.2, 0.25) is 0 Å². The zero-order valence-corrected chi connectivity index (χ0v) is 17.1. The van der Waals surface area contributed by atoms with Gasteiger partial charge in [-0.2, -0.15) is 5.10 Å². The lowest BCUT2D eigenvalue weighted by atomic mass is 10.1. The third-order valence-electron chi connectivity index (χ3n) is 4.64. The molecule has 0 radical (unpaired) electrons. The first-order valence-corrected chi connectivity index (χ1v) is 8.64. The molecular formula is C16H29IN6O. The summed E-state index contributed by atoms with van der Waals surface area (Å²) in [6.45, 7) is 3.55. The number of hydrogen-bond donors (Lipinski definition) is 2. The first kappa shape index (κ1) is 19.4. The molecule has 1 aromatic heterocycles. The summed E-state index contributed by atoms with van der Waals surface area (Å²) < 4.78 is 7.11. The summed E-state index contributed by atoms with van der Waals surface area (Å²) in [5, 5.41) is 11.6. The smallest absolute Gasteiger partial charge is 0.191 e. The molecule has 2 aliphatic rings. The van der Waals surface area contributed by atoms with E-state index in [2.05, 4.69) is 32.6 Å². The molecule has 2 heterocycles. The van der Waals surface area contributed by atoms with E-state index < -0.39 is 0 Å². The number of halogens is 1. The molecule has 1 fully saturated rings. The Balaban J connectivity index is 0.00000208. The number of aliphatic imine (C=N–C) groups is 1. The Morgan fingerprint density at radius 1 is 1.42 bits per heavy atom. The normalized spacial score (nSPS) is 25.6. The number of rotatable bonds is 6. The van der Waals surface area contributed by atoms with Crippen molar-refractivity contribution in [3.05, 3.63) is 11.6 Å². The van der Waals surface area contributed by atoms with Crippen molar-refractivity contribution in [2.75, 3.05) is 14.2 Å². The summed E-state index contributed by atoms with van der Waals surface area (Å²) in [7, 11) is 3.51. The molecule has 24 heavy (non-hydrogen) atoms. The SMILES string of the molecule is CCCC1CC1NC(=NC)NC1CCc2nc(COC)nn2C1.I. The van der Waals surface area contributed by atoms with Crippen LogP contribution in [-0.2, 0) is 24.3 Å². The average molecular weight is 448 g/mol. The summed E-state index contributed by atoms with van der Waals surface area (Å²) in [5.41, 5.74) is 0. The summed E-state index contributed by atoms with van der Waals surface area (Å²) in [6, 6.07) is 0.939. The first-order chi connectivity index (χ1) is 11.2. The van der Waals surface area contributed by atoms with Gasteiger partial charge in [-0.05, 0) is 25.2 Å². The van der Waals surface area contributed by atoms with Crippen LogP contribution in [0.25, 0.3) is 0 Å². The van der Waals surface area contributed by atoms with Crippen molar-refractivity contribution in [2.24, 2.45) is 10.9 Å². The maximum atomic E-state index is 5.11. The van der Waals surface area contributed by atoms with E-state index in [0.29, 0.717) is 18.7 Å². The molecule has 1 aliphatic carbocycles. The van der Waals surface area contributed by atoms with Gasteiger partial charge in [0, 0.05) is 32.7 Å². The fourth-order valence-electron chi connectivity index (χ4n) is 3.32. The van der Waals surface area contributed by atoms with Gasteiger partial charge in [0.25, 0.3) is 0 Å². The third kappa shape index (κ3) is 4.81. The molecule has 0 saturated heterocycles. The van der Waals surface area contributed by atoms with Crippen molar-refractivity contribution in [3.63, 3.8) is 0 Å². The number of hydrogen-bond acceptors (Lipinski definition) is 4. The van der Waals surface area contributed by atoms with Gasteiger partial charge in [0.15, 0.2) is 11.8 Å². The van der Waals surface area contributed by atoms with Crippen molar-refractivity contribution in [1.29, 1.82) is 0 Å². The van der Waals surface area contributed by atoms with Gasteiger partial charge in [-0.1, -0.05) is 13.3 Å². The van der Waals surface area contributed by atoms with Crippen LogP contribution >= 0.6 is 24.0 Å². The van der Waals surface area contributed by atoms with E-state index in [-0.39, 0.29) is 24.0 Å². The summed E-state index contributed by atoms with van der Waals surface area (Å²) >= 11 is 0. The maximum Gasteiger partial charge on any atom is 0.191 e. The van der Waals surface area contributed by atoms with Crippen molar-refractivity contribution in [2.45, 2.75) is 64.3 Å². The summed E-state index contributed by atoms with van der Waals surface area (Å²) in [4.78, 5) is 8.89. The second-order valence-corrected chi connectivity index (χ2v) is 6.55. The van der Waals surface area contributed by atoms with Gasteiger partial charge >= 0.3 is 0 Å². The molecule has 136 valence electrons. The number of nitrogens with zero attached hydrogens (tertiary/aromatic N) is 4. The molecular weight excluding hydrogens is 419 g/mol. The molecule has 0 aromatic carbocycles. The van der Waals surface area contributed by atoms with Gasteiger partial charge in [0.1, 0.15) is 12.4 Å². The van der Waals surface area contributed by atoms with Crippen LogP contribution < -0.4 is 10.6 Å². The minimum atomic E-state index is 0. The van der Waals surface area contributed by atoms with Gasteiger partial charge in [-0.25, -0.2) is 9.67 Å². The zero-order chi connectivity index (χ0) is 16.2. The Labute approximate surface area is 161 Å². The predicted octanol–water partition coefficient (Wildman–Crippen LogP) is 1.71. The fourth-order valence-corrected chi connectivity index (χ4v) is 3.32. The van der Waals surface area contributed by atoms with E-state index in [1.165, 1.54) is 19.3 Å². The standard InChI is InChI=1S/C16H28N6O.HI/c1-4-5-11-8-13(11)19-16(17-2)18-12-6-7-15-20-14(10-23-3)21-22(15)9-12;/h11-13H,4-10H2,1-3H3,(H2,17,18,19);1H. The van der Waals surface area contributed by atoms with Crippen LogP contribution in [0.2, 0.25) is 0 Å². The highest BCUT2D eigenvalue weighted by Crippen LogP contribution is 2.34. The molecule has 7 nitrogen and oxygen atoms in total. The van der Waals surface area contributed by atoms with E-state index in [9.17, 15) is 0 Å². The van der Waals surface area contributed by atoms with Gasteiger partial charge in [-0.15, -0.1) is 24.0 Å². The molecule has 2 N–H and O–H groups in total. The van der Waals surface area contributed by atoms with Crippen LogP contribution in [0.4, 0.5) is 0 Å². The summed E-state index contributed by atoms with van der Waals surface area (Å²) in [6.07, 6.45) is 5.83. The number of guanidine groups is 1. The molecule has 1 aromatic rings. The van der Waals surface area contributed by atoms with Crippen LogP contribution in [0.5, 0.6) is 0 Å². The Morgan fingerprint density at radius 2 is 2.25 bits per heavy atom. The molecule has 8 heteroatoms. The molecule has 0 amide bonds. The predicted molar refractivity (Wildman–Crippen MR) is 105 cm³/mol. The number of methoxy groups -OCH3 is 1. The van der Waals surface area contributed by atoms with E-state index >= 15 is 0 Å². The molecule has 3 unspecified atom stereocenters. The second kappa shape index (κ2) is 8.98.